The zero-order chi connectivity index (χ0) is 12.5. The fraction of sp³-hybridized carbons (Fsp3) is 0.417. The second-order valence-electron chi connectivity index (χ2n) is 4.55. The molecule has 0 bridgehead atoms. The number of carbonyl (C=O) groups is 1. The zero-order valence-corrected chi connectivity index (χ0v) is 10.3. The number of aldehydes is 1. The van der Waals surface area contributed by atoms with Crippen LogP contribution in [0.2, 0.25) is 0 Å². The van der Waals surface area contributed by atoms with Crippen molar-refractivity contribution >= 4 is 17.9 Å². The number of piperazine rings is 1. The molecular formula is C12H15N5O. The lowest BCUT2D eigenvalue weighted by molar-refractivity contribution is 0.111. The lowest BCUT2D eigenvalue weighted by Gasteiger charge is -2.33. The van der Waals surface area contributed by atoms with Crippen molar-refractivity contribution in [3.05, 3.63) is 24.2 Å². The number of fused-ring (bicyclic) bond motifs is 1. The number of carbonyl (C=O) groups excluding carboxylic acids is 1. The van der Waals surface area contributed by atoms with Gasteiger partial charge in [-0.25, -0.2) is 9.97 Å². The Balaban J connectivity index is 2.00. The molecule has 0 aliphatic carbocycles. The summed E-state index contributed by atoms with van der Waals surface area (Å²) < 4.78 is 1.88. The summed E-state index contributed by atoms with van der Waals surface area (Å²) in [5.41, 5.74) is 1.21. The van der Waals surface area contributed by atoms with Gasteiger partial charge in [0.25, 0.3) is 0 Å². The zero-order valence-electron chi connectivity index (χ0n) is 10.3. The summed E-state index contributed by atoms with van der Waals surface area (Å²) in [6.45, 7) is 3.93. The number of anilines is 1. The molecule has 94 valence electrons. The Morgan fingerprint density at radius 3 is 2.78 bits per heavy atom. The second kappa shape index (κ2) is 4.38. The minimum absolute atomic E-state index is 0.443. The molecular weight excluding hydrogens is 230 g/mol. The standard InChI is InChI=1S/C12H15N5O/c1-15-4-6-16(7-5-15)12-13-3-2-11-14-10(9-18)8-17(11)12/h2-3,8-9H,4-7H2,1H3. The van der Waals surface area contributed by atoms with Crippen LogP contribution in [-0.2, 0) is 0 Å². The monoisotopic (exact) mass is 245 g/mol. The predicted molar refractivity (Wildman–Crippen MR) is 68.1 cm³/mol. The van der Waals surface area contributed by atoms with E-state index in [2.05, 4.69) is 26.8 Å². The van der Waals surface area contributed by atoms with Crippen LogP contribution in [0.3, 0.4) is 0 Å². The Kier molecular flexibility index (Phi) is 2.71. The minimum atomic E-state index is 0.443. The topological polar surface area (TPSA) is 53.7 Å². The van der Waals surface area contributed by atoms with Crippen LogP contribution < -0.4 is 4.90 Å². The third kappa shape index (κ3) is 1.84. The van der Waals surface area contributed by atoms with Gasteiger partial charge in [-0.1, -0.05) is 0 Å². The van der Waals surface area contributed by atoms with Crippen LogP contribution in [0, 0.1) is 0 Å². The molecule has 18 heavy (non-hydrogen) atoms. The average molecular weight is 245 g/mol. The summed E-state index contributed by atoms with van der Waals surface area (Å²) in [6, 6.07) is 1.81. The summed E-state index contributed by atoms with van der Waals surface area (Å²) in [4.78, 5) is 23.9. The Bertz CT molecular complexity index is 571. The minimum Gasteiger partial charge on any atom is -0.339 e. The van der Waals surface area contributed by atoms with Crippen LogP contribution >= 0.6 is 0 Å². The van der Waals surface area contributed by atoms with Gasteiger partial charge >= 0.3 is 0 Å². The first-order valence-corrected chi connectivity index (χ1v) is 6.01. The van der Waals surface area contributed by atoms with Crippen molar-refractivity contribution in [2.24, 2.45) is 0 Å². The van der Waals surface area contributed by atoms with Crippen molar-refractivity contribution in [3.63, 3.8) is 0 Å². The molecule has 0 atom stereocenters. The van der Waals surface area contributed by atoms with Crippen molar-refractivity contribution < 1.29 is 4.79 Å². The maximum atomic E-state index is 10.8. The van der Waals surface area contributed by atoms with Crippen LogP contribution in [0.5, 0.6) is 0 Å². The first-order chi connectivity index (χ1) is 8.78. The highest BCUT2D eigenvalue weighted by atomic mass is 16.1. The van der Waals surface area contributed by atoms with Gasteiger partial charge in [0, 0.05) is 38.6 Å². The normalized spacial score (nSPS) is 17.3. The number of rotatable bonds is 2. The highest BCUT2D eigenvalue weighted by Gasteiger charge is 2.18. The Hall–Kier alpha value is -1.95. The van der Waals surface area contributed by atoms with Crippen molar-refractivity contribution in [1.29, 1.82) is 0 Å². The summed E-state index contributed by atoms with van der Waals surface area (Å²) in [5, 5.41) is 0. The third-order valence-electron chi connectivity index (χ3n) is 3.29. The maximum absolute atomic E-state index is 10.8. The van der Waals surface area contributed by atoms with Gasteiger partial charge in [0.1, 0.15) is 11.3 Å². The van der Waals surface area contributed by atoms with E-state index in [1.165, 1.54) is 0 Å². The average Bonchev–Trinajstić information content (AvgIpc) is 2.82. The molecule has 0 amide bonds. The van der Waals surface area contributed by atoms with E-state index in [-0.39, 0.29) is 0 Å². The van der Waals surface area contributed by atoms with E-state index in [9.17, 15) is 4.79 Å². The molecule has 1 aliphatic heterocycles. The quantitative estimate of drug-likeness (QED) is 0.712. The van der Waals surface area contributed by atoms with Crippen LogP contribution in [0.1, 0.15) is 10.5 Å². The molecule has 3 heterocycles. The van der Waals surface area contributed by atoms with Crippen LogP contribution in [-0.4, -0.2) is 58.8 Å². The SMILES string of the molecule is CN1CCN(c2nccc3nc(C=O)cn23)CC1. The second-order valence-corrected chi connectivity index (χ2v) is 4.55. The number of hydrogen-bond acceptors (Lipinski definition) is 5. The van der Waals surface area contributed by atoms with Gasteiger partial charge in [0.2, 0.25) is 5.95 Å². The molecule has 1 aliphatic rings. The lowest BCUT2D eigenvalue weighted by Crippen LogP contribution is -2.45. The van der Waals surface area contributed by atoms with E-state index in [0.717, 1.165) is 44.1 Å². The van der Waals surface area contributed by atoms with E-state index < -0.39 is 0 Å². The first-order valence-electron chi connectivity index (χ1n) is 6.01. The Labute approximate surface area is 105 Å². The van der Waals surface area contributed by atoms with Gasteiger partial charge in [-0.2, -0.15) is 0 Å². The highest BCUT2D eigenvalue weighted by molar-refractivity contribution is 5.73. The number of aromatic nitrogens is 3. The molecule has 2 aromatic heterocycles. The van der Waals surface area contributed by atoms with E-state index in [1.54, 1.807) is 12.4 Å². The third-order valence-corrected chi connectivity index (χ3v) is 3.29. The molecule has 3 rings (SSSR count). The fourth-order valence-corrected chi connectivity index (χ4v) is 2.22. The number of imidazole rings is 1. The largest absolute Gasteiger partial charge is 0.339 e. The fourth-order valence-electron chi connectivity index (χ4n) is 2.22. The van der Waals surface area contributed by atoms with Crippen LogP contribution in [0.15, 0.2) is 18.5 Å². The molecule has 0 radical (unpaired) electrons. The molecule has 0 saturated carbocycles. The number of likely N-dealkylation sites (N-methyl/N-ethyl adjacent to an activating group) is 1. The Morgan fingerprint density at radius 1 is 1.28 bits per heavy atom. The van der Waals surface area contributed by atoms with E-state index in [1.807, 2.05) is 10.5 Å². The van der Waals surface area contributed by atoms with E-state index >= 15 is 0 Å². The summed E-state index contributed by atoms with van der Waals surface area (Å²) >= 11 is 0. The molecule has 0 N–H and O–H groups in total. The number of nitrogens with zero attached hydrogens (tertiary/aromatic N) is 5. The van der Waals surface area contributed by atoms with E-state index in [4.69, 9.17) is 0 Å². The molecule has 1 saturated heterocycles. The molecule has 6 heteroatoms. The predicted octanol–water partition coefficient (Wildman–Crippen LogP) is 0.294. The molecule has 6 nitrogen and oxygen atoms in total. The molecule has 2 aromatic rings. The van der Waals surface area contributed by atoms with Crippen LogP contribution in [0.25, 0.3) is 5.65 Å². The highest BCUT2D eigenvalue weighted by Crippen LogP contribution is 2.15. The summed E-state index contributed by atoms with van der Waals surface area (Å²) in [6.07, 6.45) is 4.24. The van der Waals surface area contributed by atoms with Crippen molar-refractivity contribution in [2.45, 2.75) is 0 Å². The van der Waals surface area contributed by atoms with Gasteiger partial charge < -0.3 is 9.80 Å². The van der Waals surface area contributed by atoms with Gasteiger partial charge in [0.15, 0.2) is 6.29 Å². The smallest absolute Gasteiger partial charge is 0.211 e. The van der Waals surface area contributed by atoms with Gasteiger partial charge in [0.05, 0.1) is 0 Å². The van der Waals surface area contributed by atoms with Crippen LogP contribution in [0.4, 0.5) is 5.95 Å². The van der Waals surface area contributed by atoms with Crippen molar-refractivity contribution in [2.75, 3.05) is 38.1 Å². The summed E-state index contributed by atoms with van der Waals surface area (Å²) in [7, 11) is 2.12. The van der Waals surface area contributed by atoms with E-state index in [0.29, 0.717) is 5.69 Å². The molecule has 0 spiro atoms. The maximum Gasteiger partial charge on any atom is 0.211 e. The molecule has 1 fully saturated rings. The molecule has 0 aromatic carbocycles. The van der Waals surface area contributed by atoms with Gasteiger partial charge in [-0.05, 0) is 13.1 Å². The van der Waals surface area contributed by atoms with Crippen molar-refractivity contribution in [3.8, 4) is 0 Å². The number of hydrogen-bond donors (Lipinski definition) is 0. The summed E-state index contributed by atoms with van der Waals surface area (Å²) in [5.74, 6) is 0.862. The van der Waals surface area contributed by atoms with Gasteiger partial charge in [-0.15, -0.1) is 0 Å². The molecule has 0 unspecified atom stereocenters. The lowest BCUT2D eigenvalue weighted by atomic mass is 10.3. The Morgan fingerprint density at radius 2 is 2.06 bits per heavy atom. The van der Waals surface area contributed by atoms with Crippen molar-refractivity contribution in [1.82, 2.24) is 19.3 Å². The first kappa shape index (κ1) is 11.2. The van der Waals surface area contributed by atoms with Gasteiger partial charge in [-0.3, -0.25) is 9.20 Å².